The van der Waals surface area contributed by atoms with Gasteiger partial charge in [0.05, 0.1) is 11.3 Å². The number of likely N-dealkylation sites (tertiary alicyclic amines) is 1. The molecular weight excluding hydrogens is 305 g/mol. The number of amides is 1. The minimum atomic E-state index is -0.472. The van der Waals surface area contributed by atoms with Crippen molar-refractivity contribution in [2.75, 3.05) is 19.6 Å². The number of pyridine rings is 1. The SMILES string of the molecule is O=C(NCC1CCN(Cc2ccccn2)CC1)c1ccccc1F. The van der Waals surface area contributed by atoms with Crippen LogP contribution >= 0.6 is 0 Å². The molecule has 4 nitrogen and oxygen atoms in total. The summed E-state index contributed by atoms with van der Waals surface area (Å²) >= 11 is 0. The van der Waals surface area contributed by atoms with Crippen LogP contribution in [0, 0.1) is 11.7 Å². The van der Waals surface area contributed by atoms with Crippen molar-refractivity contribution in [1.29, 1.82) is 0 Å². The lowest BCUT2D eigenvalue weighted by Crippen LogP contribution is -2.38. The number of hydrogen-bond donors (Lipinski definition) is 1. The van der Waals surface area contributed by atoms with Gasteiger partial charge in [0.1, 0.15) is 5.82 Å². The van der Waals surface area contributed by atoms with Gasteiger partial charge in [-0.05, 0) is 56.1 Å². The van der Waals surface area contributed by atoms with E-state index in [4.69, 9.17) is 0 Å². The molecule has 2 aromatic rings. The van der Waals surface area contributed by atoms with E-state index in [0.29, 0.717) is 12.5 Å². The van der Waals surface area contributed by atoms with Crippen LogP contribution in [0.15, 0.2) is 48.7 Å². The highest BCUT2D eigenvalue weighted by atomic mass is 19.1. The quantitative estimate of drug-likeness (QED) is 0.918. The predicted molar refractivity (Wildman–Crippen MR) is 91.0 cm³/mol. The van der Waals surface area contributed by atoms with Gasteiger partial charge in [0, 0.05) is 19.3 Å². The Bertz CT molecular complexity index is 669. The minimum Gasteiger partial charge on any atom is -0.352 e. The molecule has 1 amide bonds. The summed E-state index contributed by atoms with van der Waals surface area (Å²) < 4.78 is 13.6. The third kappa shape index (κ3) is 4.38. The van der Waals surface area contributed by atoms with Crippen LogP contribution in [0.5, 0.6) is 0 Å². The molecule has 126 valence electrons. The van der Waals surface area contributed by atoms with Gasteiger partial charge in [0.25, 0.3) is 5.91 Å². The Morgan fingerprint density at radius 3 is 2.62 bits per heavy atom. The number of rotatable bonds is 5. The van der Waals surface area contributed by atoms with E-state index in [1.54, 1.807) is 12.1 Å². The molecule has 0 radical (unpaired) electrons. The molecular formula is C19H22FN3O. The van der Waals surface area contributed by atoms with Crippen LogP contribution in [-0.4, -0.2) is 35.4 Å². The van der Waals surface area contributed by atoms with Gasteiger partial charge in [-0.1, -0.05) is 18.2 Å². The average Bonchev–Trinajstić information content (AvgIpc) is 2.62. The molecule has 24 heavy (non-hydrogen) atoms. The van der Waals surface area contributed by atoms with E-state index in [0.717, 1.165) is 38.2 Å². The van der Waals surface area contributed by atoms with Crippen molar-refractivity contribution in [3.8, 4) is 0 Å². The fourth-order valence-corrected chi connectivity index (χ4v) is 3.05. The number of piperidine rings is 1. The number of benzene rings is 1. The van der Waals surface area contributed by atoms with Gasteiger partial charge in [-0.25, -0.2) is 4.39 Å². The molecule has 0 atom stereocenters. The van der Waals surface area contributed by atoms with Crippen molar-refractivity contribution in [2.24, 2.45) is 5.92 Å². The normalized spacial score (nSPS) is 16.0. The van der Waals surface area contributed by atoms with Crippen molar-refractivity contribution in [3.63, 3.8) is 0 Å². The molecule has 1 aliphatic heterocycles. The zero-order valence-corrected chi connectivity index (χ0v) is 13.6. The first-order valence-electron chi connectivity index (χ1n) is 8.37. The van der Waals surface area contributed by atoms with Crippen LogP contribution in [0.25, 0.3) is 0 Å². The van der Waals surface area contributed by atoms with E-state index in [1.165, 1.54) is 12.1 Å². The lowest BCUT2D eigenvalue weighted by Gasteiger charge is -2.31. The smallest absolute Gasteiger partial charge is 0.254 e. The largest absolute Gasteiger partial charge is 0.352 e. The highest BCUT2D eigenvalue weighted by molar-refractivity contribution is 5.94. The molecule has 1 aliphatic rings. The molecule has 3 rings (SSSR count). The van der Waals surface area contributed by atoms with Crippen molar-refractivity contribution in [3.05, 3.63) is 65.7 Å². The minimum absolute atomic E-state index is 0.116. The van der Waals surface area contributed by atoms with E-state index in [2.05, 4.69) is 15.2 Å². The first kappa shape index (κ1) is 16.6. The Balaban J connectivity index is 1.43. The lowest BCUT2D eigenvalue weighted by molar-refractivity contribution is 0.0931. The van der Waals surface area contributed by atoms with E-state index in [9.17, 15) is 9.18 Å². The van der Waals surface area contributed by atoms with Crippen LogP contribution < -0.4 is 5.32 Å². The molecule has 0 bridgehead atoms. The maximum Gasteiger partial charge on any atom is 0.254 e. The standard InChI is InChI=1S/C19H22FN3O/c20-18-7-2-1-6-17(18)19(24)22-13-15-8-11-23(12-9-15)14-16-5-3-4-10-21-16/h1-7,10,15H,8-9,11-14H2,(H,22,24). The van der Waals surface area contributed by atoms with Crippen LogP contribution in [0.2, 0.25) is 0 Å². The maximum absolute atomic E-state index is 13.6. The van der Waals surface area contributed by atoms with Crippen molar-refractivity contribution >= 4 is 5.91 Å². The topological polar surface area (TPSA) is 45.2 Å². The number of carbonyl (C=O) groups is 1. The Morgan fingerprint density at radius 1 is 1.17 bits per heavy atom. The van der Waals surface area contributed by atoms with Crippen molar-refractivity contribution < 1.29 is 9.18 Å². The Kier molecular flexibility index (Phi) is 5.54. The Morgan fingerprint density at radius 2 is 1.92 bits per heavy atom. The van der Waals surface area contributed by atoms with Crippen LogP contribution in [0.4, 0.5) is 4.39 Å². The van der Waals surface area contributed by atoms with E-state index in [-0.39, 0.29) is 11.5 Å². The summed E-state index contributed by atoms with van der Waals surface area (Å²) in [7, 11) is 0. The number of nitrogens with zero attached hydrogens (tertiary/aromatic N) is 2. The number of hydrogen-bond acceptors (Lipinski definition) is 3. The monoisotopic (exact) mass is 327 g/mol. The highest BCUT2D eigenvalue weighted by Crippen LogP contribution is 2.18. The number of nitrogens with one attached hydrogen (secondary N) is 1. The first-order chi connectivity index (χ1) is 11.7. The van der Waals surface area contributed by atoms with E-state index in [1.807, 2.05) is 24.4 Å². The summed E-state index contributed by atoms with van der Waals surface area (Å²) in [5.41, 5.74) is 1.20. The molecule has 1 saturated heterocycles. The van der Waals surface area contributed by atoms with Gasteiger partial charge in [-0.15, -0.1) is 0 Å². The van der Waals surface area contributed by atoms with Gasteiger partial charge in [-0.3, -0.25) is 14.7 Å². The van der Waals surface area contributed by atoms with Crippen LogP contribution in [0.3, 0.4) is 0 Å². The van der Waals surface area contributed by atoms with Gasteiger partial charge in [0.15, 0.2) is 0 Å². The van der Waals surface area contributed by atoms with Gasteiger partial charge in [0.2, 0.25) is 0 Å². The first-order valence-corrected chi connectivity index (χ1v) is 8.37. The van der Waals surface area contributed by atoms with E-state index >= 15 is 0 Å². The summed E-state index contributed by atoms with van der Waals surface area (Å²) in [6, 6.07) is 12.1. The predicted octanol–water partition coefficient (Wildman–Crippen LogP) is 2.86. The molecule has 1 N–H and O–H groups in total. The zero-order chi connectivity index (χ0) is 16.8. The summed E-state index contributed by atoms with van der Waals surface area (Å²) in [6.45, 7) is 3.47. The summed E-state index contributed by atoms with van der Waals surface area (Å²) in [5.74, 6) is -0.357. The summed E-state index contributed by atoms with van der Waals surface area (Å²) in [4.78, 5) is 18.8. The Hall–Kier alpha value is -2.27. The number of halogens is 1. The summed E-state index contributed by atoms with van der Waals surface area (Å²) in [6.07, 6.45) is 3.88. The molecule has 0 unspecified atom stereocenters. The molecule has 0 saturated carbocycles. The maximum atomic E-state index is 13.6. The molecule has 1 aromatic carbocycles. The third-order valence-corrected chi connectivity index (χ3v) is 4.49. The zero-order valence-electron chi connectivity index (χ0n) is 13.6. The van der Waals surface area contributed by atoms with E-state index < -0.39 is 5.82 Å². The van der Waals surface area contributed by atoms with Crippen LogP contribution in [-0.2, 0) is 6.54 Å². The van der Waals surface area contributed by atoms with Gasteiger partial charge < -0.3 is 5.32 Å². The molecule has 5 heteroatoms. The molecule has 1 aromatic heterocycles. The fourth-order valence-electron chi connectivity index (χ4n) is 3.05. The van der Waals surface area contributed by atoms with Crippen LogP contribution in [0.1, 0.15) is 28.9 Å². The van der Waals surface area contributed by atoms with Crippen molar-refractivity contribution in [1.82, 2.24) is 15.2 Å². The lowest BCUT2D eigenvalue weighted by atomic mass is 9.96. The third-order valence-electron chi connectivity index (χ3n) is 4.49. The Labute approximate surface area is 141 Å². The van der Waals surface area contributed by atoms with Crippen molar-refractivity contribution in [2.45, 2.75) is 19.4 Å². The highest BCUT2D eigenvalue weighted by Gasteiger charge is 2.20. The number of aromatic nitrogens is 1. The molecule has 1 fully saturated rings. The second kappa shape index (κ2) is 8.02. The number of carbonyl (C=O) groups excluding carboxylic acids is 1. The molecule has 0 spiro atoms. The van der Waals surface area contributed by atoms with Gasteiger partial charge in [-0.2, -0.15) is 0 Å². The average molecular weight is 327 g/mol. The molecule has 0 aliphatic carbocycles. The second-order valence-corrected chi connectivity index (χ2v) is 6.23. The fraction of sp³-hybridized carbons (Fsp3) is 0.368. The van der Waals surface area contributed by atoms with Gasteiger partial charge >= 0.3 is 0 Å². The second-order valence-electron chi connectivity index (χ2n) is 6.23. The molecule has 2 heterocycles. The summed E-state index contributed by atoms with van der Waals surface area (Å²) in [5, 5.41) is 2.86.